The lowest BCUT2D eigenvalue weighted by molar-refractivity contribution is 0.473. The molecular formula is C11H19N3S2. The van der Waals surface area contributed by atoms with Crippen LogP contribution in [0.5, 0.6) is 0 Å². The third-order valence-electron chi connectivity index (χ3n) is 3.00. The standard InChI is InChI=1S/C11H19N3S2/c1-8(2)7-14-9(12-13-10(14)15)11(3)5-4-6-16-11/h8H,4-7H2,1-3H3,(H,13,15). The average Bonchev–Trinajstić information content (AvgIpc) is 2.76. The van der Waals surface area contributed by atoms with E-state index in [-0.39, 0.29) is 4.75 Å². The van der Waals surface area contributed by atoms with Crippen molar-refractivity contribution in [3.8, 4) is 0 Å². The normalized spacial score (nSPS) is 25.5. The molecule has 0 spiro atoms. The van der Waals surface area contributed by atoms with Gasteiger partial charge in [-0.2, -0.15) is 5.10 Å². The zero-order chi connectivity index (χ0) is 11.8. The molecule has 0 aliphatic carbocycles. The Morgan fingerprint density at radius 1 is 1.62 bits per heavy atom. The zero-order valence-corrected chi connectivity index (χ0v) is 11.7. The molecule has 16 heavy (non-hydrogen) atoms. The molecule has 1 unspecified atom stereocenters. The molecule has 0 aromatic carbocycles. The summed E-state index contributed by atoms with van der Waals surface area (Å²) in [6.45, 7) is 7.67. The number of rotatable bonds is 3. The highest BCUT2D eigenvalue weighted by Gasteiger charge is 2.36. The van der Waals surface area contributed by atoms with Crippen LogP contribution in [0.4, 0.5) is 0 Å². The number of H-pyrrole nitrogens is 1. The average molecular weight is 257 g/mol. The summed E-state index contributed by atoms with van der Waals surface area (Å²) in [6, 6.07) is 0. The van der Waals surface area contributed by atoms with Crippen LogP contribution in [0.1, 0.15) is 39.4 Å². The van der Waals surface area contributed by atoms with Gasteiger partial charge in [-0.15, -0.1) is 11.8 Å². The predicted octanol–water partition coefficient (Wildman–Crippen LogP) is 3.34. The number of nitrogens with one attached hydrogen (secondary N) is 1. The first kappa shape index (κ1) is 12.2. The van der Waals surface area contributed by atoms with Crippen molar-refractivity contribution in [2.45, 2.75) is 44.9 Å². The molecule has 0 radical (unpaired) electrons. The van der Waals surface area contributed by atoms with E-state index in [0.717, 1.165) is 17.1 Å². The quantitative estimate of drug-likeness (QED) is 0.843. The van der Waals surface area contributed by atoms with Gasteiger partial charge in [-0.25, -0.2) is 0 Å². The maximum atomic E-state index is 5.31. The zero-order valence-electron chi connectivity index (χ0n) is 10.1. The largest absolute Gasteiger partial charge is 0.303 e. The molecule has 0 saturated carbocycles. The van der Waals surface area contributed by atoms with Gasteiger partial charge in [-0.3, -0.25) is 5.10 Å². The summed E-state index contributed by atoms with van der Waals surface area (Å²) in [5.41, 5.74) is 0. The van der Waals surface area contributed by atoms with Crippen molar-refractivity contribution in [1.82, 2.24) is 14.8 Å². The lowest BCUT2D eigenvalue weighted by Gasteiger charge is -2.23. The van der Waals surface area contributed by atoms with Gasteiger partial charge >= 0.3 is 0 Å². The van der Waals surface area contributed by atoms with Crippen molar-refractivity contribution in [3.63, 3.8) is 0 Å². The smallest absolute Gasteiger partial charge is 0.195 e. The first-order chi connectivity index (χ1) is 7.53. The van der Waals surface area contributed by atoms with Crippen LogP contribution in [0.3, 0.4) is 0 Å². The third-order valence-corrected chi connectivity index (χ3v) is 4.83. The molecule has 1 N–H and O–H groups in total. The molecule has 0 amide bonds. The van der Waals surface area contributed by atoms with Gasteiger partial charge in [0, 0.05) is 6.54 Å². The van der Waals surface area contributed by atoms with E-state index >= 15 is 0 Å². The number of hydrogen-bond acceptors (Lipinski definition) is 3. The second-order valence-electron chi connectivity index (χ2n) is 5.04. The minimum atomic E-state index is 0.155. The number of thioether (sulfide) groups is 1. The SMILES string of the molecule is CC(C)Cn1c(C2(C)CCCS2)n[nH]c1=S. The van der Waals surface area contributed by atoms with E-state index in [1.165, 1.54) is 18.6 Å². The van der Waals surface area contributed by atoms with Gasteiger partial charge in [0.1, 0.15) is 5.82 Å². The molecule has 90 valence electrons. The summed E-state index contributed by atoms with van der Waals surface area (Å²) >= 11 is 7.31. The topological polar surface area (TPSA) is 33.6 Å². The van der Waals surface area contributed by atoms with Crippen molar-refractivity contribution in [2.24, 2.45) is 5.92 Å². The Morgan fingerprint density at radius 3 is 2.94 bits per heavy atom. The Morgan fingerprint density at radius 2 is 2.38 bits per heavy atom. The molecule has 1 aromatic rings. The monoisotopic (exact) mass is 257 g/mol. The van der Waals surface area contributed by atoms with Gasteiger partial charge in [0.2, 0.25) is 0 Å². The molecule has 2 rings (SSSR count). The molecule has 1 saturated heterocycles. The van der Waals surface area contributed by atoms with Crippen LogP contribution in [-0.4, -0.2) is 20.5 Å². The number of aromatic amines is 1. The molecule has 3 nitrogen and oxygen atoms in total. The van der Waals surface area contributed by atoms with Crippen molar-refractivity contribution in [3.05, 3.63) is 10.6 Å². The highest BCUT2D eigenvalue weighted by Crippen LogP contribution is 2.45. The first-order valence-electron chi connectivity index (χ1n) is 5.82. The Kier molecular flexibility index (Phi) is 3.45. The Balaban J connectivity index is 2.37. The lowest BCUT2D eigenvalue weighted by Crippen LogP contribution is -2.21. The molecule has 1 fully saturated rings. The summed E-state index contributed by atoms with van der Waals surface area (Å²) < 4.78 is 3.10. The fourth-order valence-corrected chi connectivity index (χ4v) is 3.73. The van der Waals surface area contributed by atoms with Crippen molar-refractivity contribution in [2.75, 3.05) is 5.75 Å². The van der Waals surface area contributed by atoms with Crippen molar-refractivity contribution < 1.29 is 0 Å². The molecule has 1 atom stereocenters. The highest BCUT2D eigenvalue weighted by atomic mass is 32.2. The fourth-order valence-electron chi connectivity index (χ4n) is 2.21. The van der Waals surface area contributed by atoms with Crippen LogP contribution >= 0.6 is 24.0 Å². The molecule has 1 aliphatic rings. The Hall–Kier alpha value is -0.290. The van der Waals surface area contributed by atoms with Gasteiger partial charge in [0.15, 0.2) is 4.77 Å². The molecule has 1 aliphatic heterocycles. The van der Waals surface area contributed by atoms with E-state index in [4.69, 9.17) is 12.2 Å². The van der Waals surface area contributed by atoms with Gasteiger partial charge in [0.05, 0.1) is 4.75 Å². The third kappa shape index (κ3) is 2.20. The summed E-state index contributed by atoms with van der Waals surface area (Å²) in [4.78, 5) is 0. The molecule has 5 heteroatoms. The van der Waals surface area contributed by atoms with E-state index in [1.54, 1.807) is 0 Å². The van der Waals surface area contributed by atoms with E-state index < -0.39 is 0 Å². The van der Waals surface area contributed by atoms with E-state index in [2.05, 4.69) is 35.5 Å². The van der Waals surface area contributed by atoms with Gasteiger partial charge in [0.25, 0.3) is 0 Å². The minimum absolute atomic E-state index is 0.155. The van der Waals surface area contributed by atoms with Crippen molar-refractivity contribution in [1.29, 1.82) is 0 Å². The summed E-state index contributed by atoms with van der Waals surface area (Å²) in [5, 5.41) is 7.39. The number of nitrogens with zero attached hydrogens (tertiary/aromatic N) is 2. The van der Waals surface area contributed by atoms with Gasteiger partial charge < -0.3 is 4.57 Å². The second-order valence-corrected chi connectivity index (χ2v) is 7.02. The summed E-state index contributed by atoms with van der Waals surface area (Å²) in [7, 11) is 0. The van der Waals surface area contributed by atoms with Gasteiger partial charge in [-0.1, -0.05) is 13.8 Å². The summed E-state index contributed by atoms with van der Waals surface area (Å²) in [5.74, 6) is 2.96. The summed E-state index contributed by atoms with van der Waals surface area (Å²) in [6.07, 6.45) is 2.48. The van der Waals surface area contributed by atoms with E-state index in [1.807, 2.05) is 11.8 Å². The Labute approximate surface area is 106 Å². The maximum absolute atomic E-state index is 5.31. The molecule has 1 aromatic heterocycles. The lowest BCUT2D eigenvalue weighted by atomic mass is 10.0. The van der Waals surface area contributed by atoms with E-state index in [9.17, 15) is 0 Å². The second kappa shape index (κ2) is 4.53. The molecule has 0 bridgehead atoms. The molecular weight excluding hydrogens is 238 g/mol. The molecule has 2 heterocycles. The highest BCUT2D eigenvalue weighted by molar-refractivity contribution is 8.00. The Bertz CT molecular complexity index is 413. The van der Waals surface area contributed by atoms with Crippen LogP contribution in [0.25, 0.3) is 0 Å². The maximum Gasteiger partial charge on any atom is 0.195 e. The van der Waals surface area contributed by atoms with Crippen LogP contribution in [0.15, 0.2) is 0 Å². The predicted molar refractivity (Wildman–Crippen MR) is 71.3 cm³/mol. The van der Waals surface area contributed by atoms with E-state index in [0.29, 0.717) is 5.92 Å². The fraction of sp³-hybridized carbons (Fsp3) is 0.818. The van der Waals surface area contributed by atoms with Crippen LogP contribution < -0.4 is 0 Å². The van der Waals surface area contributed by atoms with Crippen LogP contribution in [-0.2, 0) is 11.3 Å². The van der Waals surface area contributed by atoms with Crippen molar-refractivity contribution >= 4 is 24.0 Å². The minimum Gasteiger partial charge on any atom is -0.303 e. The first-order valence-corrected chi connectivity index (χ1v) is 7.22. The number of aromatic nitrogens is 3. The van der Waals surface area contributed by atoms with Crippen LogP contribution in [0.2, 0.25) is 0 Å². The number of hydrogen-bond donors (Lipinski definition) is 1. The van der Waals surface area contributed by atoms with Crippen LogP contribution in [0, 0.1) is 10.7 Å². The van der Waals surface area contributed by atoms with Gasteiger partial charge in [-0.05, 0) is 43.7 Å².